The molecule has 1 aromatic heterocycles. The molecule has 4 rings (SSSR count). The molecule has 1 N–H and O–H groups in total. The number of urea groups is 1. The van der Waals surface area contributed by atoms with Gasteiger partial charge in [0.25, 0.3) is 0 Å². The zero-order valence-electron chi connectivity index (χ0n) is 18.5. The average molecular weight is 436 g/mol. The van der Waals surface area contributed by atoms with Crippen LogP contribution >= 0.6 is 0 Å². The van der Waals surface area contributed by atoms with Gasteiger partial charge in [0.05, 0.1) is 19.9 Å². The van der Waals surface area contributed by atoms with Crippen LogP contribution in [0.3, 0.4) is 0 Å². The monoisotopic (exact) mass is 435 g/mol. The highest BCUT2D eigenvalue weighted by atomic mass is 16.5. The predicted octanol–water partition coefficient (Wildman–Crippen LogP) is 3.42. The molecule has 3 aromatic rings. The van der Waals surface area contributed by atoms with E-state index < -0.39 is 0 Å². The highest BCUT2D eigenvalue weighted by molar-refractivity contribution is 5.91. The maximum Gasteiger partial charge on any atom is 0.322 e. The molecular weight excluding hydrogens is 406 g/mol. The fourth-order valence-electron chi connectivity index (χ4n) is 3.94. The zero-order chi connectivity index (χ0) is 22.3. The normalized spacial score (nSPS) is 14.2. The van der Waals surface area contributed by atoms with Crippen LogP contribution in [0.5, 0.6) is 11.5 Å². The SMILES string of the molecule is COc1cccc(NC(=O)N2CCN(CCn3ccnc3-c3ccccc3)CC2)c1OC. The van der Waals surface area contributed by atoms with Gasteiger partial charge in [0.1, 0.15) is 5.82 Å². The molecule has 2 heterocycles. The second-order valence-corrected chi connectivity index (χ2v) is 7.61. The van der Waals surface area contributed by atoms with Crippen LogP contribution in [0.4, 0.5) is 10.5 Å². The highest BCUT2D eigenvalue weighted by Gasteiger charge is 2.22. The molecular formula is C24H29N5O3. The quantitative estimate of drug-likeness (QED) is 0.616. The minimum absolute atomic E-state index is 0.128. The lowest BCUT2D eigenvalue weighted by atomic mass is 10.2. The molecule has 0 aliphatic carbocycles. The molecule has 1 fully saturated rings. The minimum atomic E-state index is -0.128. The summed E-state index contributed by atoms with van der Waals surface area (Å²) in [5.74, 6) is 2.09. The zero-order valence-corrected chi connectivity index (χ0v) is 18.5. The lowest BCUT2D eigenvalue weighted by Crippen LogP contribution is -2.50. The summed E-state index contributed by atoms with van der Waals surface area (Å²) < 4.78 is 12.9. The van der Waals surface area contributed by atoms with Crippen molar-refractivity contribution in [2.45, 2.75) is 6.54 Å². The van der Waals surface area contributed by atoms with Crippen LogP contribution in [0.2, 0.25) is 0 Å². The number of aromatic nitrogens is 2. The first-order valence-electron chi connectivity index (χ1n) is 10.8. The van der Waals surface area contributed by atoms with Crippen molar-refractivity contribution in [3.63, 3.8) is 0 Å². The number of nitrogens with one attached hydrogen (secondary N) is 1. The molecule has 8 heteroatoms. The van der Waals surface area contributed by atoms with Crippen LogP contribution in [-0.2, 0) is 6.54 Å². The number of carbonyl (C=O) groups excluding carboxylic acids is 1. The number of methoxy groups -OCH3 is 2. The standard InChI is InChI=1S/C24H29N5O3/c1-31-21-10-6-9-20(22(21)32-2)26-24(30)29-17-14-27(15-18-29)13-16-28-12-11-25-23(28)19-7-4-3-5-8-19/h3-12H,13-18H2,1-2H3,(H,26,30). The number of rotatable bonds is 7. The molecule has 1 saturated heterocycles. The Kier molecular flexibility index (Phi) is 6.91. The van der Waals surface area contributed by atoms with Gasteiger partial charge in [-0.25, -0.2) is 9.78 Å². The Hall–Kier alpha value is -3.52. The molecule has 0 unspecified atom stereocenters. The number of imidazole rings is 1. The Bertz CT molecular complexity index is 1030. The lowest BCUT2D eigenvalue weighted by Gasteiger charge is -2.34. The summed E-state index contributed by atoms with van der Waals surface area (Å²) in [4.78, 5) is 21.5. The lowest BCUT2D eigenvalue weighted by molar-refractivity contribution is 0.144. The first kappa shape index (κ1) is 21.7. The predicted molar refractivity (Wildman–Crippen MR) is 124 cm³/mol. The van der Waals surface area contributed by atoms with Crippen LogP contribution in [0, 0.1) is 0 Å². The molecule has 32 heavy (non-hydrogen) atoms. The van der Waals surface area contributed by atoms with Gasteiger partial charge in [0, 0.05) is 57.2 Å². The third-order valence-corrected chi connectivity index (χ3v) is 5.71. The largest absolute Gasteiger partial charge is 0.493 e. The molecule has 168 valence electrons. The first-order valence-corrected chi connectivity index (χ1v) is 10.8. The molecule has 0 bridgehead atoms. The summed E-state index contributed by atoms with van der Waals surface area (Å²) in [6, 6.07) is 15.5. The molecule has 2 aromatic carbocycles. The maximum absolute atomic E-state index is 12.8. The molecule has 0 radical (unpaired) electrons. The van der Waals surface area contributed by atoms with Crippen molar-refractivity contribution in [1.82, 2.24) is 19.4 Å². The number of benzene rings is 2. The number of amides is 2. The van der Waals surface area contributed by atoms with Crippen molar-refractivity contribution in [2.24, 2.45) is 0 Å². The van der Waals surface area contributed by atoms with E-state index in [1.165, 1.54) is 0 Å². The van der Waals surface area contributed by atoms with Gasteiger partial charge < -0.3 is 24.3 Å². The third-order valence-electron chi connectivity index (χ3n) is 5.71. The smallest absolute Gasteiger partial charge is 0.322 e. The van der Waals surface area contributed by atoms with Gasteiger partial charge in [0.2, 0.25) is 0 Å². The molecule has 0 saturated carbocycles. The van der Waals surface area contributed by atoms with Gasteiger partial charge >= 0.3 is 6.03 Å². The number of hydrogen-bond acceptors (Lipinski definition) is 5. The number of piperazine rings is 1. The Morgan fingerprint density at radius 2 is 1.75 bits per heavy atom. The van der Waals surface area contributed by atoms with Gasteiger partial charge in [-0.15, -0.1) is 0 Å². The van der Waals surface area contributed by atoms with Crippen LogP contribution in [0.1, 0.15) is 0 Å². The Balaban J connectivity index is 1.29. The molecule has 1 aliphatic heterocycles. The van der Waals surface area contributed by atoms with E-state index in [2.05, 4.69) is 31.9 Å². The Morgan fingerprint density at radius 1 is 0.969 bits per heavy atom. The van der Waals surface area contributed by atoms with Crippen LogP contribution in [0.15, 0.2) is 60.9 Å². The van der Waals surface area contributed by atoms with Crippen LogP contribution in [0.25, 0.3) is 11.4 Å². The van der Waals surface area contributed by atoms with E-state index in [4.69, 9.17) is 9.47 Å². The van der Waals surface area contributed by atoms with Crippen molar-refractivity contribution in [3.8, 4) is 22.9 Å². The molecule has 0 spiro atoms. The number of anilines is 1. The van der Waals surface area contributed by atoms with E-state index in [0.29, 0.717) is 30.3 Å². The molecule has 8 nitrogen and oxygen atoms in total. The van der Waals surface area contributed by atoms with Gasteiger partial charge in [-0.05, 0) is 12.1 Å². The van der Waals surface area contributed by atoms with Gasteiger partial charge in [-0.3, -0.25) is 4.90 Å². The maximum atomic E-state index is 12.8. The topological polar surface area (TPSA) is 71.9 Å². The number of ether oxygens (including phenoxy) is 2. The molecule has 1 aliphatic rings. The van der Waals surface area contributed by atoms with Crippen molar-refractivity contribution in [1.29, 1.82) is 0 Å². The van der Waals surface area contributed by atoms with E-state index in [-0.39, 0.29) is 6.03 Å². The van der Waals surface area contributed by atoms with Gasteiger partial charge in [0.15, 0.2) is 11.5 Å². The van der Waals surface area contributed by atoms with Crippen LogP contribution < -0.4 is 14.8 Å². The van der Waals surface area contributed by atoms with Crippen molar-refractivity contribution in [2.75, 3.05) is 52.3 Å². The molecule has 0 atom stereocenters. The fourth-order valence-corrected chi connectivity index (χ4v) is 3.94. The fraction of sp³-hybridized carbons (Fsp3) is 0.333. The van der Waals surface area contributed by atoms with Crippen molar-refractivity contribution in [3.05, 3.63) is 60.9 Å². The number of carbonyl (C=O) groups is 1. The van der Waals surface area contributed by atoms with Crippen molar-refractivity contribution >= 4 is 11.7 Å². The number of hydrogen-bond donors (Lipinski definition) is 1. The van der Waals surface area contributed by atoms with E-state index in [9.17, 15) is 4.79 Å². The summed E-state index contributed by atoms with van der Waals surface area (Å²) in [5.41, 5.74) is 1.72. The number of para-hydroxylation sites is 1. The van der Waals surface area contributed by atoms with Crippen molar-refractivity contribution < 1.29 is 14.3 Å². The van der Waals surface area contributed by atoms with E-state index in [1.54, 1.807) is 20.3 Å². The van der Waals surface area contributed by atoms with E-state index in [1.807, 2.05) is 47.6 Å². The van der Waals surface area contributed by atoms with Gasteiger partial charge in [-0.2, -0.15) is 0 Å². The Labute approximate surface area is 188 Å². The number of nitrogens with zero attached hydrogens (tertiary/aromatic N) is 4. The second-order valence-electron chi connectivity index (χ2n) is 7.61. The third kappa shape index (κ3) is 4.86. The summed E-state index contributed by atoms with van der Waals surface area (Å²) in [5, 5.41) is 2.95. The van der Waals surface area contributed by atoms with Crippen LogP contribution in [-0.4, -0.2) is 72.3 Å². The van der Waals surface area contributed by atoms with E-state index >= 15 is 0 Å². The van der Waals surface area contributed by atoms with Gasteiger partial charge in [-0.1, -0.05) is 36.4 Å². The Morgan fingerprint density at radius 3 is 2.47 bits per heavy atom. The molecule has 2 amide bonds. The minimum Gasteiger partial charge on any atom is -0.493 e. The first-order chi connectivity index (χ1) is 15.7. The summed E-state index contributed by atoms with van der Waals surface area (Å²) >= 11 is 0. The second kappa shape index (κ2) is 10.2. The summed E-state index contributed by atoms with van der Waals surface area (Å²) in [6.07, 6.45) is 3.87. The summed E-state index contributed by atoms with van der Waals surface area (Å²) in [7, 11) is 3.14. The summed E-state index contributed by atoms with van der Waals surface area (Å²) in [6.45, 7) is 4.78. The average Bonchev–Trinajstić information content (AvgIpc) is 3.32. The van der Waals surface area contributed by atoms with E-state index in [0.717, 1.165) is 37.6 Å². The highest BCUT2D eigenvalue weighted by Crippen LogP contribution is 2.34.